The van der Waals surface area contributed by atoms with Crippen LogP contribution in [0.25, 0.3) is 11.5 Å². The Kier molecular flexibility index (Phi) is 3.31. The number of nitrogens with zero attached hydrogens (tertiary/aromatic N) is 3. The summed E-state index contributed by atoms with van der Waals surface area (Å²) in [7, 11) is 1.83. The van der Waals surface area contributed by atoms with Crippen molar-refractivity contribution in [2.45, 2.75) is 13.0 Å². The normalized spacial score (nSPS) is 14.0. The van der Waals surface area contributed by atoms with E-state index < -0.39 is 0 Å². The number of aromatic nitrogens is 3. The zero-order valence-corrected chi connectivity index (χ0v) is 11.2. The monoisotopic (exact) mass is 276 g/mol. The summed E-state index contributed by atoms with van der Waals surface area (Å²) < 4.78 is 5.45. The van der Waals surface area contributed by atoms with Gasteiger partial charge in [-0.05, 0) is 12.1 Å². The van der Waals surface area contributed by atoms with E-state index in [2.05, 4.69) is 20.3 Å². The van der Waals surface area contributed by atoms with E-state index in [0.29, 0.717) is 29.8 Å². The fourth-order valence-corrected chi connectivity index (χ4v) is 2.30. The van der Waals surface area contributed by atoms with Crippen molar-refractivity contribution in [3.8, 4) is 11.5 Å². The van der Waals surface area contributed by atoms with Crippen molar-refractivity contribution in [3.63, 3.8) is 0 Å². The number of halogens is 1. The molecule has 0 spiro atoms. The van der Waals surface area contributed by atoms with Crippen LogP contribution in [0.15, 0.2) is 18.3 Å². The third-order valence-corrected chi connectivity index (χ3v) is 3.33. The summed E-state index contributed by atoms with van der Waals surface area (Å²) in [4.78, 5) is 13.3. The Labute approximate surface area is 116 Å². The van der Waals surface area contributed by atoms with Crippen LogP contribution in [0, 0.1) is 0 Å². The van der Waals surface area contributed by atoms with E-state index in [9.17, 15) is 0 Å². The molecule has 1 aliphatic rings. The topological polar surface area (TPSA) is 59.9 Å². The predicted octanol–water partition coefficient (Wildman–Crippen LogP) is 2.31. The van der Waals surface area contributed by atoms with Gasteiger partial charge in [-0.2, -0.15) is 0 Å². The van der Waals surface area contributed by atoms with Gasteiger partial charge in [-0.1, -0.05) is 11.6 Å². The minimum Gasteiger partial charge on any atom is -0.376 e. The van der Waals surface area contributed by atoms with Crippen LogP contribution in [0.5, 0.6) is 0 Å². The van der Waals surface area contributed by atoms with Crippen LogP contribution in [-0.4, -0.2) is 28.6 Å². The van der Waals surface area contributed by atoms with Crippen molar-refractivity contribution in [2.75, 3.05) is 19.0 Å². The third kappa shape index (κ3) is 2.27. The molecule has 0 radical (unpaired) electrons. The summed E-state index contributed by atoms with van der Waals surface area (Å²) in [6.07, 6.45) is 2.47. The lowest BCUT2D eigenvalue weighted by molar-refractivity contribution is 0.109. The Bertz CT molecular complexity index is 600. The van der Waals surface area contributed by atoms with Crippen molar-refractivity contribution in [3.05, 3.63) is 34.6 Å². The maximum atomic E-state index is 6.15. The molecule has 1 aliphatic heterocycles. The fraction of sp³-hybridized carbons (Fsp3) is 0.308. The summed E-state index contributed by atoms with van der Waals surface area (Å²) in [6.45, 7) is 1.23. The van der Waals surface area contributed by atoms with Gasteiger partial charge in [-0.3, -0.25) is 4.98 Å². The summed E-state index contributed by atoms with van der Waals surface area (Å²) in [6, 6.07) is 3.58. The van der Waals surface area contributed by atoms with Crippen molar-refractivity contribution >= 4 is 17.4 Å². The molecule has 0 amide bonds. The fourth-order valence-electron chi connectivity index (χ4n) is 2.09. The van der Waals surface area contributed by atoms with E-state index in [1.165, 1.54) is 0 Å². The maximum absolute atomic E-state index is 6.15. The number of anilines is 1. The molecule has 2 aromatic rings. The van der Waals surface area contributed by atoms with Gasteiger partial charge in [-0.15, -0.1) is 0 Å². The zero-order chi connectivity index (χ0) is 13.2. The third-order valence-electron chi connectivity index (χ3n) is 3.03. The molecular formula is C13H13ClN4O. The van der Waals surface area contributed by atoms with Crippen LogP contribution in [0.4, 0.5) is 5.82 Å². The Hall–Kier alpha value is -1.72. The number of hydrogen-bond acceptors (Lipinski definition) is 5. The first kappa shape index (κ1) is 12.3. The summed E-state index contributed by atoms with van der Waals surface area (Å²) in [5.74, 6) is 1.33. The number of ether oxygens (including phenoxy) is 1. The standard InChI is InChI=1S/C13H13ClN4O/c1-15-12-8-7-19-6-4-10(8)17-13(18-12)11-9(14)3-2-5-16-11/h2-3,5H,4,6-7H2,1H3,(H,15,17,18). The van der Waals surface area contributed by atoms with Crippen LogP contribution in [-0.2, 0) is 17.8 Å². The van der Waals surface area contributed by atoms with E-state index in [1.807, 2.05) is 7.05 Å². The Balaban J connectivity index is 2.15. The van der Waals surface area contributed by atoms with Crippen LogP contribution < -0.4 is 5.32 Å². The summed E-state index contributed by atoms with van der Waals surface area (Å²) >= 11 is 6.15. The maximum Gasteiger partial charge on any atom is 0.181 e. The molecule has 3 heterocycles. The van der Waals surface area contributed by atoms with E-state index >= 15 is 0 Å². The Morgan fingerprint density at radius 2 is 2.26 bits per heavy atom. The van der Waals surface area contributed by atoms with E-state index in [-0.39, 0.29) is 0 Å². The average molecular weight is 277 g/mol. The molecule has 0 saturated carbocycles. The molecule has 6 heteroatoms. The summed E-state index contributed by atoms with van der Waals surface area (Å²) in [5, 5.41) is 3.64. The lowest BCUT2D eigenvalue weighted by atomic mass is 10.1. The number of hydrogen-bond donors (Lipinski definition) is 1. The van der Waals surface area contributed by atoms with Crippen molar-refractivity contribution in [1.82, 2.24) is 15.0 Å². The predicted molar refractivity (Wildman–Crippen MR) is 73.2 cm³/mol. The molecule has 0 aliphatic carbocycles. The van der Waals surface area contributed by atoms with Gasteiger partial charge in [0.1, 0.15) is 11.5 Å². The van der Waals surface area contributed by atoms with Gasteiger partial charge in [0, 0.05) is 25.2 Å². The van der Waals surface area contributed by atoms with Gasteiger partial charge in [0.05, 0.1) is 23.9 Å². The van der Waals surface area contributed by atoms with Crippen LogP contribution in [0.3, 0.4) is 0 Å². The molecular weight excluding hydrogens is 264 g/mol. The minimum atomic E-state index is 0.543. The lowest BCUT2D eigenvalue weighted by Crippen LogP contribution is -2.16. The lowest BCUT2D eigenvalue weighted by Gasteiger charge is -2.19. The number of nitrogens with one attached hydrogen (secondary N) is 1. The average Bonchev–Trinajstić information content (AvgIpc) is 2.46. The highest BCUT2D eigenvalue weighted by molar-refractivity contribution is 6.32. The van der Waals surface area contributed by atoms with Crippen LogP contribution in [0.2, 0.25) is 5.02 Å². The van der Waals surface area contributed by atoms with Crippen molar-refractivity contribution in [2.24, 2.45) is 0 Å². The number of fused-ring (bicyclic) bond motifs is 1. The molecule has 0 saturated heterocycles. The number of rotatable bonds is 2. The molecule has 0 fully saturated rings. The van der Waals surface area contributed by atoms with Gasteiger partial charge in [-0.25, -0.2) is 9.97 Å². The van der Waals surface area contributed by atoms with Crippen molar-refractivity contribution in [1.29, 1.82) is 0 Å². The van der Waals surface area contributed by atoms with E-state index in [1.54, 1.807) is 18.3 Å². The molecule has 2 aromatic heterocycles. The van der Waals surface area contributed by atoms with Gasteiger partial charge in [0.25, 0.3) is 0 Å². The highest BCUT2D eigenvalue weighted by Crippen LogP contribution is 2.28. The second-order valence-corrected chi connectivity index (χ2v) is 4.61. The van der Waals surface area contributed by atoms with Crippen molar-refractivity contribution < 1.29 is 4.74 Å². The Morgan fingerprint density at radius 3 is 3.05 bits per heavy atom. The number of pyridine rings is 1. The first-order valence-electron chi connectivity index (χ1n) is 6.06. The SMILES string of the molecule is CNc1nc(-c2ncccc2Cl)nc2c1COCC2. The van der Waals surface area contributed by atoms with Crippen LogP contribution >= 0.6 is 11.6 Å². The minimum absolute atomic E-state index is 0.543. The molecule has 5 nitrogen and oxygen atoms in total. The highest BCUT2D eigenvalue weighted by Gasteiger charge is 2.19. The van der Waals surface area contributed by atoms with Gasteiger partial charge < -0.3 is 10.1 Å². The molecule has 0 unspecified atom stereocenters. The molecule has 0 atom stereocenters. The summed E-state index contributed by atoms with van der Waals surface area (Å²) in [5.41, 5.74) is 2.63. The highest BCUT2D eigenvalue weighted by atomic mass is 35.5. The second-order valence-electron chi connectivity index (χ2n) is 4.21. The van der Waals surface area contributed by atoms with Gasteiger partial charge in [0.2, 0.25) is 0 Å². The van der Waals surface area contributed by atoms with E-state index in [4.69, 9.17) is 16.3 Å². The first-order chi connectivity index (χ1) is 9.29. The van der Waals surface area contributed by atoms with Gasteiger partial charge in [0.15, 0.2) is 5.82 Å². The zero-order valence-electron chi connectivity index (χ0n) is 10.5. The molecule has 0 aromatic carbocycles. The molecule has 98 valence electrons. The van der Waals surface area contributed by atoms with Gasteiger partial charge >= 0.3 is 0 Å². The van der Waals surface area contributed by atoms with E-state index in [0.717, 1.165) is 23.5 Å². The smallest absolute Gasteiger partial charge is 0.181 e. The largest absolute Gasteiger partial charge is 0.376 e. The molecule has 19 heavy (non-hydrogen) atoms. The molecule has 0 bridgehead atoms. The Morgan fingerprint density at radius 1 is 1.37 bits per heavy atom. The quantitative estimate of drug-likeness (QED) is 0.912. The molecule has 1 N–H and O–H groups in total. The first-order valence-corrected chi connectivity index (χ1v) is 6.43. The molecule has 3 rings (SSSR count). The second kappa shape index (κ2) is 5.11. The van der Waals surface area contributed by atoms with Crippen LogP contribution in [0.1, 0.15) is 11.3 Å².